The lowest BCUT2D eigenvalue weighted by Gasteiger charge is -2.44. The third kappa shape index (κ3) is 4.29. The largest absolute Gasteiger partial charge is 0.410 e. The first-order chi connectivity index (χ1) is 9.23. The summed E-state index contributed by atoms with van der Waals surface area (Å²) in [6, 6.07) is 0. The highest BCUT2D eigenvalue weighted by molar-refractivity contribution is 6.74. The number of unbranched alkanes of at least 4 members (excludes halogenated alkanes) is 1. The Hall–Kier alpha value is -0.413. The fourth-order valence-electron chi connectivity index (χ4n) is 2.31. The van der Waals surface area contributed by atoms with Gasteiger partial charge in [0.05, 0.1) is 6.10 Å². The maximum absolute atomic E-state index is 11.1. The molecule has 0 aliphatic heterocycles. The van der Waals surface area contributed by atoms with Crippen LogP contribution in [0.3, 0.4) is 0 Å². The van der Waals surface area contributed by atoms with Crippen LogP contribution >= 0.6 is 0 Å². The van der Waals surface area contributed by atoms with E-state index in [0.29, 0.717) is 5.92 Å². The van der Waals surface area contributed by atoms with E-state index in [-0.39, 0.29) is 17.1 Å². The molecule has 0 aromatic heterocycles. The van der Waals surface area contributed by atoms with E-state index in [1.54, 1.807) is 0 Å². The van der Waals surface area contributed by atoms with E-state index in [4.69, 9.17) is 4.43 Å². The average Bonchev–Trinajstić information content (AvgIpc) is 2.26. The minimum atomic E-state index is -1.78. The van der Waals surface area contributed by atoms with E-state index in [2.05, 4.69) is 52.9 Å². The molecule has 1 rings (SSSR count). The number of hydrogen-bond acceptors (Lipinski definition) is 2. The van der Waals surface area contributed by atoms with E-state index in [9.17, 15) is 4.79 Å². The average molecular weight is 297 g/mol. The predicted octanol–water partition coefficient (Wildman–Crippen LogP) is 4.96. The molecule has 0 aromatic carbocycles. The van der Waals surface area contributed by atoms with Crippen molar-refractivity contribution in [3.63, 3.8) is 0 Å². The number of allylic oxidation sites excluding steroid dienone is 1. The molecule has 20 heavy (non-hydrogen) atoms. The van der Waals surface area contributed by atoms with Crippen molar-refractivity contribution in [3.05, 3.63) is 12.2 Å². The third-order valence-electron chi connectivity index (χ3n) is 5.00. The molecule has 3 heteroatoms. The van der Waals surface area contributed by atoms with Crippen LogP contribution in [-0.4, -0.2) is 20.7 Å². The molecule has 1 aliphatic rings. The van der Waals surface area contributed by atoms with Crippen LogP contribution in [0.2, 0.25) is 18.1 Å². The molecule has 1 unspecified atom stereocenters. The van der Waals surface area contributed by atoms with Crippen LogP contribution in [-0.2, 0) is 9.22 Å². The second-order valence-electron chi connectivity index (χ2n) is 7.60. The highest BCUT2D eigenvalue weighted by Crippen LogP contribution is 2.42. The van der Waals surface area contributed by atoms with Crippen molar-refractivity contribution in [2.24, 2.45) is 11.8 Å². The second-order valence-corrected chi connectivity index (χ2v) is 12.4. The predicted molar refractivity (Wildman–Crippen MR) is 88.4 cm³/mol. The van der Waals surface area contributed by atoms with Gasteiger partial charge in [0, 0.05) is 5.92 Å². The Morgan fingerprint density at radius 1 is 1.30 bits per heavy atom. The first-order valence-corrected chi connectivity index (χ1v) is 10.9. The highest BCUT2D eigenvalue weighted by Gasteiger charge is 2.43. The summed E-state index contributed by atoms with van der Waals surface area (Å²) in [5.41, 5.74) is 0. The van der Waals surface area contributed by atoms with Gasteiger partial charge in [0.2, 0.25) is 0 Å². The third-order valence-corrected chi connectivity index (χ3v) is 9.47. The zero-order valence-electron chi connectivity index (χ0n) is 14.1. The maximum atomic E-state index is 11.1. The summed E-state index contributed by atoms with van der Waals surface area (Å²) in [7, 11) is -1.78. The number of hydrogen-bond donors (Lipinski definition) is 0. The molecular formula is C17H32O2Si. The SMILES string of the molecule is CCC/C=C/C(O[Si](C)(C)C(C)(C)C)[C@@H]1CC[C@H]1C=O. The van der Waals surface area contributed by atoms with Gasteiger partial charge in [0.15, 0.2) is 8.32 Å². The fourth-order valence-corrected chi connectivity index (χ4v) is 3.60. The normalized spacial score (nSPS) is 25.5. The Labute approximate surface area is 126 Å². The van der Waals surface area contributed by atoms with Gasteiger partial charge in [-0.15, -0.1) is 0 Å². The zero-order valence-corrected chi connectivity index (χ0v) is 15.1. The monoisotopic (exact) mass is 296 g/mol. The summed E-state index contributed by atoms with van der Waals surface area (Å²) in [5, 5.41) is 0.213. The lowest BCUT2D eigenvalue weighted by Crippen LogP contribution is -2.48. The van der Waals surface area contributed by atoms with Gasteiger partial charge >= 0.3 is 0 Å². The Morgan fingerprint density at radius 2 is 1.95 bits per heavy atom. The van der Waals surface area contributed by atoms with Gasteiger partial charge in [-0.1, -0.05) is 46.3 Å². The molecule has 0 amide bonds. The summed E-state index contributed by atoms with van der Waals surface area (Å²) in [5.74, 6) is 0.603. The van der Waals surface area contributed by atoms with Crippen molar-refractivity contribution >= 4 is 14.6 Å². The van der Waals surface area contributed by atoms with Crippen LogP contribution < -0.4 is 0 Å². The quantitative estimate of drug-likeness (QED) is 0.377. The molecule has 0 heterocycles. The molecule has 116 valence electrons. The van der Waals surface area contributed by atoms with Crippen molar-refractivity contribution in [2.75, 3.05) is 0 Å². The highest BCUT2D eigenvalue weighted by atomic mass is 28.4. The van der Waals surface area contributed by atoms with E-state index in [1.807, 2.05) is 0 Å². The summed E-state index contributed by atoms with van der Waals surface area (Å²) < 4.78 is 6.58. The van der Waals surface area contributed by atoms with Crippen LogP contribution in [0.25, 0.3) is 0 Å². The topological polar surface area (TPSA) is 26.3 Å². The molecule has 1 fully saturated rings. The van der Waals surface area contributed by atoms with Crippen LogP contribution in [0, 0.1) is 11.8 Å². The standard InChI is InChI=1S/C17H32O2Si/c1-7-8-9-10-16(15-12-11-14(15)13-18)19-20(5,6)17(2,3)4/h9-10,13-16H,7-8,11-12H2,1-6H3/b10-9+/t14-,15+,16?/m0/s1. The molecule has 0 bridgehead atoms. The summed E-state index contributed by atoms with van der Waals surface area (Å²) >= 11 is 0. The summed E-state index contributed by atoms with van der Waals surface area (Å²) in [6.45, 7) is 13.6. The molecule has 0 N–H and O–H groups in total. The number of carbonyl (C=O) groups excluding carboxylic acids is 1. The molecule has 1 aliphatic carbocycles. The Morgan fingerprint density at radius 3 is 2.35 bits per heavy atom. The first kappa shape index (κ1) is 17.6. The molecular weight excluding hydrogens is 264 g/mol. The smallest absolute Gasteiger partial charge is 0.192 e. The van der Waals surface area contributed by atoms with Crippen LogP contribution in [0.15, 0.2) is 12.2 Å². The Kier molecular flexibility index (Phi) is 6.20. The van der Waals surface area contributed by atoms with Gasteiger partial charge in [-0.05, 0) is 43.3 Å². The van der Waals surface area contributed by atoms with Crippen molar-refractivity contribution in [2.45, 2.75) is 77.6 Å². The molecule has 0 radical (unpaired) electrons. The van der Waals surface area contributed by atoms with Crippen LogP contribution in [0.4, 0.5) is 0 Å². The lowest BCUT2D eigenvalue weighted by molar-refractivity contribution is -0.117. The van der Waals surface area contributed by atoms with Crippen LogP contribution in [0.5, 0.6) is 0 Å². The maximum Gasteiger partial charge on any atom is 0.192 e. The summed E-state index contributed by atoms with van der Waals surface area (Å²) in [6.07, 6.45) is 10.1. The van der Waals surface area contributed by atoms with Crippen molar-refractivity contribution < 1.29 is 9.22 Å². The van der Waals surface area contributed by atoms with E-state index in [1.165, 1.54) is 0 Å². The fraction of sp³-hybridized carbons (Fsp3) is 0.824. The van der Waals surface area contributed by atoms with Gasteiger partial charge < -0.3 is 9.22 Å². The number of rotatable bonds is 7. The van der Waals surface area contributed by atoms with Gasteiger partial charge in [-0.25, -0.2) is 0 Å². The number of aldehydes is 1. The molecule has 1 saturated carbocycles. The second kappa shape index (κ2) is 7.03. The van der Waals surface area contributed by atoms with Crippen molar-refractivity contribution in [1.82, 2.24) is 0 Å². The van der Waals surface area contributed by atoms with E-state index < -0.39 is 8.32 Å². The lowest BCUT2D eigenvalue weighted by atomic mass is 9.71. The molecule has 0 aromatic rings. The number of carbonyl (C=O) groups is 1. The molecule has 0 spiro atoms. The van der Waals surface area contributed by atoms with Crippen LogP contribution in [0.1, 0.15) is 53.4 Å². The van der Waals surface area contributed by atoms with Gasteiger partial charge in [-0.2, -0.15) is 0 Å². The first-order valence-electron chi connectivity index (χ1n) is 8.02. The van der Waals surface area contributed by atoms with Gasteiger partial charge in [0.25, 0.3) is 0 Å². The van der Waals surface area contributed by atoms with Gasteiger partial charge in [0.1, 0.15) is 6.29 Å². The molecule has 0 saturated heterocycles. The van der Waals surface area contributed by atoms with Crippen molar-refractivity contribution in [3.8, 4) is 0 Å². The summed E-state index contributed by atoms with van der Waals surface area (Å²) in [4.78, 5) is 11.1. The van der Waals surface area contributed by atoms with Gasteiger partial charge in [-0.3, -0.25) is 0 Å². The molecule has 3 atom stereocenters. The van der Waals surface area contributed by atoms with E-state index >= 15 is 0 Å². The Balaban J connectivity index is 2.80. The minimum Gasteiger partial charge on any atom is -0.410 e. The van der Waals surface area contributed by atoms with E-state index in [0.717, 1.165) is 32.0 Å². The Bertz CT molecular complexity index is 341. The van der Waals surface area contributed by atoms with Crippen molar-refractivity contribution in [1.29, 1.82) is 0 Å². The molecule has 2 nitrogen and oxygen atoms in total. The zero-order chi connectivity index (χ0) is 15.4. The minimum absolute atomic E-state index is 0.131.